The zero-order valence-electron chi connectivity index (χ0n) is 22.3. The molecule has 0 radical (unpaired) electrons. The fourth-order valence-corrected chi connectivity index (χ4v) is 4.74. The van der Waals surface area contributed by atoms with E-state index < -0.39 is 0 Å². The minimum absolute atomic E-state index is 0.0418. The predicted molar refractivity (Wildman–Crippen MR) is 150 cm³/mol. The summed E-state index contributed by atoms with van der Waals surface area (Å²) in [6, 6.07) is 15.6. The van der Waals surface area contributed by atoms with Crippen LogP contribution in [0.3, 0.4) is 0 Å². The normalized spacial score (nSPS) is 16.8. The summed E-state index contributed by atoms with van der Waals surface area (Å²) in [5.41, 5.74) is 2.89. The molecule has 0 spiro atoms. The zero-order chi connectivity index (χ0) is 25.4. The maximum Gasteiger partial charge on any atom is 0.314 e. The van der Waals surface area contributed by atoms with Gasteiger partial charge >= 0.3 is 5.97 Å². The molecule has 0 aliphatic heterocycles. The van der Waals surface area contributed by atoms with E-state index in [-0.39, 0.29) is 11.9 Å². The van der Waals surface area contributed by atoms with Gasteiger partial charge in [0.1, 0.15) is 5.75 Å². The molecule has 2 heteroatoms. The summed E-state index contributed by atoms with van der Waals surface area (Å²) in [7, 11) is 0. The molecule has 2 aromatic rings. The van der Waals surface area contributed by atoms with Gasteiger partial charge in [-0.25, -0.2) is 0 Å². The Kier molecular flexibility index (Phi) is 12.2. The van der Waals surface area contributed by atoms with E-state index in [0.29, 0.717) is 5.75 Å². The van der Waals surface area contributed by atoms with Gasteiger partial charge in [0, 0.05) is 23.1 Å². The topological polar surface area (TPSA) is 26.3 Å². The number of hydrogen-bond acceptors (Lipinski definition) is 2. The van der Waals surface area contributed by atoms with Crippen molar-refractivity contribution in [1.29, 1.82) is 0 Å². The summed E-state index contributed by atoms with van der Waals surface area (Å²) < 4.78 is 5.69. The SMILES string of the molecule is CCCCC#Cc1ccc(C#Cc2ccc(OC(=O)C3CCC(CCCCCCC)CC3)cc2)cc1. The molecule has 1 aliphatic rings. The van der Waals surface area contributed by atoms with Crippen LogP contribution in [-0.2, 0) is 4.79 Å². The maximum atomic E-state index is 12.7. The van der Waals surface area contributed by atoms with Crippen LogP contribution in [0, 0.1) is 35.5 Å². The number of ether oxygens (including phenoxy) is 1. The smallest absolute Gasteiger partial charge is 0.314 e. The molecule has 3 rings (SSSR count). The van der Waals surface area contributed by atoms with Gasteiger partial charge in [-0.05, 0) is 86.6 Å². The first-order valence-corrected chi connectivity index (χ1v) is 14.1. The van der Waals surface area contributed by atoms with Crippen molar-refractivity contribution in [2.45, 2.75) is 97.3 Å². The molecule has 1 saturated carbocycles. The van der Waals surface area contributed by atoms with Gasteiger partial charge in [-0.15, -0.1) is 0 Å². The van der Waals surface area contributed by atoms with E-state index >= 15 is 0 Å². The van der Waals surface area contributed by atoms with Gasteiger partial charge in [0.2, 0.25) is 0 Å². The molecule has 0 aromatic heterocycles. The molecule has 1 fully saturated rings. The van der Waals surface area contributed by atoms with Gasteiger partial charge in [0.05, 0.1) is 5.92 Å². The minimum Gasteiger partial charge on any atom is -0.426 e. The lowest BCUT2D eigenvalue weighted by molar-refractivity contribution is -0.140. The van der Waals surface area contributed by atoms with E-state index in [1.54, 1.807) is 0 Å². The van der Waals surface area contributed by atoms with Gasteiger partial charge in [-0.3, -0.25) is 4.79 Å². The van der Waals surface area contributed by atoms with Crippen molar-refractivity contribution < 1.29 is 9.53 Å². The highest BCUT2D eigenvalue weighted by atomic mass is 16.5. The highest BCUT2D eigenvalue weighted by molar-refractivity contribution is 5.75. The van der Waals surface area contributed by atoms with Crippen LogP contribution in [-0.4, -0.2) is 5.97 Å². The van der Waals surface area contributed by atoms with Gasteiger partial charge in [-0.2, -0.15) is 0 Å². The number of carbonyl (C=O) groups is 1. The quantitative estimate of drug-likeness (QED) is 0.146. The molecular formula is C34H42O2. The van der Waals surface area contributed by atoms with E-state index in [2.05, 4.69) is 37.5 Å². The second kappa shape index (κ2) is 15.9. The van der Waals surface area contributed by atoms with Crippen molar-refractivity contribution in [3.8, 4) is 29.4 Å². The number of rotatable bonds is 10. The third-order valence-electron chi connectivity index (χ3n) is 7.09. The summed E-state index contributed by atoms with van der Waals surface area (Å²) in [4.78, 5) is 12.7. The molecule has 0 unspecified atom stereocenters. The Labute approximate surface area is 219 Å². The van der Waals surface area contributed by atoms with Gasteiger partial charge in [0.25, 0.3) is 0 Å². The first-order chi connectivity index (χ1) is 17.7. The van der Waals surface area contributed by atoms with Crippen molar-refractivity contribution >= 4 is 5.97 Å². The lowest BCUT2D eigenvalue weighted by atomic mass is 9.80. The van der Waals surface area contributed by atoms with Crippen LogP contribution < -0.4 is 4.74 Å². The minimum atomic E-state index is -0.0758. The average molecular weight is 483 g/mol. The molecule has 0 bridgehead atoms. The number of benzene rings is 2. The van der Waals surface area contributed by atoms with Gasteiger partial charge < -0.3 is 4.74 Å². The molecule has 0 saturated heterocycles. The second-order valence-electron chi connectivity index (χ2n) is 10.1. The summed E-state index contributed by atoms with van der Waals surface area (Å²) >= 11 is 0. The van der Waals surface area contributed by atoms with Crippen molar-refractivity contribution in [3.05, 3.63) is 65.2 Å². The molecule has 1 aliphatic carbocycles. The lowest BCUT2D eigenvalue weighted by Crippen LogP contribution is -2.25. The maximum absolute atomic E-state index is 12.7. The van der Waals surface area contributed by atoms with Crippen molar-refractivity contribution in [2.75, 3.05) is 0 Å². The first kappa shape index (κ1) is 27.6. The number of carbonyl (C=O) groups excluding carboxylic acids is 1. The van der Waals surface area contributed by atoms with Crippen LogP contribution >= 0.6 is 0 Å². The fourth-order valence-electron chi connectivity index (χ4n) is 4.74. The second-order valence-corrected chi connectivity index (χ2v) is 10.1. The van der Waals surface area contributed by atoms with Crippen LogP contribution in [0.5, 0.6) is 5.75 Å². The van der Waals surface area contributed by atoms with E-state index in [1.807, 2.05) is 48.5 Å². The molecular weight excluding hydrogens is 440 g/mol. The molecule has 0 N–H and O–H groups in total. The Balaban J connectivity index is 1.41. The summed E-state index contributed by atoms with van der Waals surface area (Å²) in [6.45, 7) is 4.44. The third-order valence-corrected chi connectivity index (χ3v) is 7.09. The molecule has 0 amide bonds. The average Bonchev–Trinajstić information content (AvgIpc) is 2.91. The largest absolute Gasteiger partial charge is 0.426 e. The Bertz CT molecular complexity index is 1030. The van der Waals surface area contributed by atoms with Crippen molar-refractivity contribution in [2.24, 2.45) is 11.8 Å². The lowest BCUT2D eigenvalue weighted by Gasteiger charge is -2.27. The van der Waals surface area contributed by atoms with Crippen molar-refractivity contribution in [3.63, 3.8) is 0 Å². The van der Waals surface area contributed by atoms with Crippen LogP contribution in [0.2, 0.25) is 0 Å². The van der Waals surface area contributed by atoms with Crippen molar-refractivity contribution in [1.82, 2.24) is 0 Å². The Morgan fingerprint density at radius 3 is 1.89 bits per heavy atom. The summed E-state index contributed by atoms with van der Waals surface area (Å²) in [6.07, 6.45) is 15.6. The third kappa shape index (κ3) is 9.95. The standard InChI is InChI=1S/C34H42O2/c1-3-5-7-9-11-13-29-20-24-32(25-21-29)34(35)36-33-26-22-31(23-27-33)19-18-30-16-14-28(15-17-30)12-10-8-6-4-2/h14-17,22-23,26-27,29,32H,3-9,11,13,20-21,24-25H2,1-2H3. The predicted octanol–water partition coefficient (Wildman–Crippen LogP) is 8.70. The van der Waals surface area contributed by atoms with Crippen LogP contribution in [0.4, 0.5) is 0 Å². The molecule has 190 valence electrons. The molecule has 0 atom stereocenters. The number of unbranched alkanes of at least 4 members (excludes halogenated alkanes) is 6. The Morgan fingerprint density at radius 2 is 1.28 bits per heavy atom. The van der Waals surface area contributed by atoms with E-state index in [0.717, 1.165) is 61.1 Å². The van der Waals surface area contributed by atoms with Crippen LogP contribution in [0.25, 0.3) is 0 Å². The summed E-state index contributed by atoms with van der Waals surface area (Å²) in [5, 5.41) is 0. The Hall–Kier alpha value is -2.97. The van der Waals surface area contributed by atoms with E-state index in [4.69, 9.17) is 4.74 Å². The fraction of sp³-hybridized carbons (Fsp3) is 0.500. The molecule has 36 heavy (non-hydrogen) atoms. The van der Waals surface area contributed by atoms with Gasteiger partial charge in [0.15, 0.2) is 0 Å². The van der Waals surface area contributed by atoms with Crippen LogP contribution in [0.15, 0.2) is 48.5 Å². The number of esters is 1. The monoisotopic (exact) mass is 482 g/mol. The molecule has 2 aromatic carbocycles. The number of hydrogen-bond donors (Lipinski definition) is 0. The molecule has 0 heterocycles. The first-order valence-electron chi connectivity index (χ1n) is 14.1. The highest BCUT2D eigenvalue weighted by Crippen LogP contribution is 2.33. The van der Waals surface area contributed by atoms with Crippen LogP contribution in [0.1, 0.15) is 114 Å². The highest BCUT2D eigenvalue weighted by Gasteiger charge is 2.27. The van der Waals surface area contributed by atoms with E-state index in [1.165, 1.54) is 44.9 Å². The Morgan fingerprint density at radius 1 is 0.722 bits per heavy atom. The molecule has 2 nitrogen and oxygen atoms in total. The van der Waals surface area contributed by atoms with E-state index in [9.17, 15) is 4.79 Å². The summed E-state index contributed by atoms with van der Waals surface area (Å²) in [5.74, 6) is 14.2. The zero-order valence-corrected chi connectivity index (χ0v) is 22.3. The van der Waals surface area contributed by atoms with Gasteiger partial charge in [-0.1, -0.05) is 82.5 Å².